The van der Waals surface area contributed by atoms with Crippen molar-refractivity contribution in [2.24, 2.45) is 4.99 Å². The highest BCUT2D eigenvalue weighted by Crippen LogP contribution is 2.30. The molecule has 29 heavy (non-hydrogen) atoms. The summed E-state index contributed by atoms with van der Waals surface area (Å²) in [7, 11) is 1.30. The first kappa shape index (κ1) is 20.1. The van der Waals surface area contributed by atoms with Crippen LogP contribution in [0.1, 0.15) is 35.3 Å². The summed E-state index contributed by atoms with van der Waals surface area (Å²) < 4.78 is 21.3. The molecule has 2 aromatic carbocycles. The maximum atomic E-state index is 12.3. The summed E-state index contributed by atoms with van der Waals surface area (Å²) in [6, 6.07) is 12.0. The average molecular weight is 395 g/mol. The summed E-state index contributed by atoms with van der Waals surface area (Å²) >= 11 is 0. The SMILES string of the molecule is CCOc1ccc(C2=N/C(=C\c3ccccc3C(=O)OC)C(=O)O2)cc1OCC. The molecule has 0 aromatic heterocycles. The van der Waals surface area contributed by atoms with E-state index in [0.29, 0.717) is 41.4 Å². The smallest absolute Gasteiger partial charge is 0.363 e. The van der Waals surface area contributed by atoms with Crippen molar-refractivity contribution in [2.45, 2.75) is 13.8 Å². The molecule has 0 radical (unpaired) electrons. The number of rotatable bonds is 7. The maximum Gasteiger partial charge on any atom is 0.363 e. The molecule has 1 aliphatic rings. The second-order valence-electron chi connectivity index (χ2n) is 5.94. The van der Waals surface area contributed by atoms with Gasteiger partial charge in [-0.1, -0.05) is 18.2 Å². The van der Waals surface area contributed by atoms with Gasteiger partial charge in [-0.15, -0.1) is 0 Å². The van der Waals surface area contributed by atoms with E-state index in [9.17, 15) is 9.59 Å². The highest BCUT2D eigenvalue weighted by Gasteiger charge is 2.26. The van der Waals surface area contributed by atoms with Crippen LogP contribution in [0.25, 0.3) is 6.08 Å². The van der Waals surface area contributed by atoms with Crippen molar-refractivity contribution in [3.05, 3.63) is 64.9 Å². The van der Waals surface area contributed by atoms with Crippen LogP contribution in [-0.4, -0.2) is 38.2 Å². The Morgan fingerprint density at radius 3 is 2.52 bits per heavy atom. The number of nitrogens with zero attached hydrogens (tertiary/aromatic N) is 1. The zero-order valence-corrected chi connectivity index (χ0v) is 16.4. The van der Waals surface area contributed by atoms with Gasteiger partial charge in [-0.05, 0) is 49.8 Å². The van der Waals surface area contributed by atoms with E-state index in [1.54, 1.807) is 42.5 Å². The number of carbonyl (C=O) groups is 2. The minimum absolute atomic E-state index is 0.0863. The van der Waals surface area contributed by atoms with Crippen LogP contribution in [0.2, 0.25) is 0 Å². The van der Waals surface area contributed by atoms with Gasteiger partial charge < -0.3 is 18.9 Å². The first-order chi connectivity index (χ1) is 14.1. The molecule has 0 bridgehead atoms. The van der Waals surface area contributed by atoms with Crippen molar-refractivity contribution in [3.63, 3.8) is 0 Å². The highest BCUT2D eigenvalue weighted by molar-refractivity contribution is 6.13. The van der Waals surface area contributed by atoms with Gasteiger partial charge >= 0.3 is 11.9 Å². The van der Waals surface area contributed by atoms with E-state index in [1.165, 1.54) is 13.2 Å². The molecule has 150 valence electrons. The number of aliphatic imine (C=N–C) groups is 1. The van der Waals surface area contributed by atoms with Crippen LogP contribution in [0.5, 0.6) is 11.5 Å². The standard InChI is InChI=1S/C22H21NO6/c1-4-27-18-11-10-15(13-19(18)28-5-2)20-23-17(22(25)29-20)12-14-8-6-7-9-16(14)21(24)26-3/h6-13H,4-5H2,1-3H3/b17-12-. The van der Waals surface area contributed by atoms with Crippen LogP contribution < -0.4 is 9.47 Å². The van der Waals surface area contributed by atoms with Crippen LogP contribution in [0.4, 0.5) is 0 Å². The Kier molecular flexibility index (Phi) is 6.29. The number of ether oxygens (including phenoxy) is 4. The first-order valence-electron chi connectivity index (χ1n) is 9.17. The molecule has 1 heterocycles. The number of hydrogen-bond acceptors (Lipinski definition) is 7. The number of carbonyl (C=O) groups excluding carboxylic acids is 2. The largest absolute Gasteiger partial charge is 0.490 e. The molecule has 0 amide bonds. The van der Waals surface area contributed by atoms with Crippen molar-refractivity contribution in [2.75, 3.05) is 20.3 Å². The molecule has 0 unspecified atom stereocenters. The summed E-state index contributed by atoms with van der Waals surface area (Å²) in [6.45, 7) is 4.72. The Morgan fingerprint density at radius 1 is 1.07 bits per heavy atom. The Hall–Kier alpha value is -3.61. The third-order valence-corrected chi connectivity index (χ3v) is 4.07. The lowest BCUT2D eigenvalue weighted by atomic mass is 10.1. The average Bonchev–Trinajstić information content (AvgIpc) is 3.10. The lowest BCUT2D eigenvalue weighted by molar-refractivity contribution is -0.129. The van der Waals surface area contributed by atoms with E-state index in [1.807, 2.05) is 13.8 Å². The van der Waals surface area contributed by atoms with Crippen molar-refractivity contribution >= 4 is 23.9 Å². The molecule has 0 atom stereocenters. The van der Waals surface area contributed by atoms with Crippen LogP contribution in [0.15, 0.2) is 53.2 Å². The Morgan fingerprint density at radius 2 is 1.79 bits per heavy atom. The summed E-state index contributed by atoms with van der Waals surface area (Å²) in [6.07, 6.45) is 1.50. The summed E-state index contributed by atoms with van der Waals surface area (Å²) in [5, 5.41) is 0. The maximum absolute atomic E-state index is 12.3. The van der Waals surface area contributed by atoms with E-state index in [2.05, 4.69) is 4.99 Å². The van der Waals surface area contributed by atoms with Gasteiger partial charge in [-0.2, -0.15) is 0 Å². The number of methoxy groups -OCH3 is 1. The Labute approximate surface area is 168 Å². The van der Waals surface area contributed by atoms with Crippen molar-refractivity contribution < 1.29 is 28.5 Å². The van der Waals surface area contributed by atoms with E-state index in [-0.39, 0.29) is 11.6 Å². The van der Waals surface area contributed by atoms with Gasteiger partial charge in [0.05, 0.1) is 25.9 Å². The van der Waals surface area contributed by atoms with Gasteiger partial charge in [0.15, 0.2) is 17.2 Å². The molecule has 0 N–H and O–H groups in total. The van der Waals surface area contributed by atoms with Crippen LogP contribution in [0, 0.1) is 0 Å². The van der Waals surface area contributed by atoms with Gasteiger partial charge in [-0.3, -0.25) is 0 Å². The van der Waals surface area contributed by atoms with Crippen LogP contribution in [0.3, 0.4) is 0 Å². The van der Waals surface area contributed by atoms with E-state index in [4.69, 9.17) is 18.9 Å². The molecule has 3 rings (SSSR count). The fourth-order valence-electron chi connectivity index (χ4n) is 2.78. The topological polar surface area (TPSA) is 83.4 Å². The molecule has 0 saturated carbocycles. The molecule has 2 aromatic rings. The van der Waals surface area contributed by atoms with Gasteiger partial charge in [0.25, 0.3) is 0 Å². The fourth-order valence-corrected chi connectivity index (χ4v) is 2.78. The van der Waals surface area contributed by atoms with Crippen molar-refractivity contribution in [1.29, 1.82) is 0 Å². The number of hydrogen-bond donors (Lipinski definition) is 0. The lowest BCUT2D eigenvalue weighted by Crippen LogP contribution is -2.07. The molecule has 7 heteroatoms. The van der Waals surface area contributed by atoms with Gasteiger partial charge in [0.1, 0.15) is 0 Å². The quantitative estimate of drug-likeness (QED) is 0.526. The predicted octanol–water partition coefficient (Wildman–Crippen LogP) is 3.62. The van der Waals surface area contributed by atoms with Gasteiger partial charge in [0.2, 0.25) is 5.90 Å². The molecule has 0 fully saturated rings. The van der Waals surface area contributed by atoms with Gasteiger partial charge in [-0.25, -0.2) is 14.6 Å². The Bertz CT molecular complexity index is 993. The minimum Gasteiger partial charge on any atom is -0.490 e. The minimum atomic E-state index is -0.605. The number of benzene rings is 2. The first-order valence-corrected chi connectivity index (χ1v) is 9.17. The monoisotopic (exact) mass is 395 g/mol. The van der Waals surface area contributed by atoms with Crippen molar-refractivity contribution in [3.8, 4) is 11.5 Å². The summed E-state index contributed by atoms with van der Waals surface area (Å²) in [4.78, 5) is 28.5. The molecular weight excluding hydrogens is 374 g/mol. The second kappa shape index (κ2) is 9.05. The van der Waals surface area contributed by atoms with Crippen LogP contribution >= 0.6 is 0 Å². The van der Waals surface area contributed by atoms with E-state index >= 15 is 0 Å². The number of cyclic esters (lactones) is 1. The fraction of sp³-hybridized carbons (Fsp3) is 0.227. The second-order valence-corrected chi connectivity index (χ2v) is 5.94. The van der Waals surface area contributed by atoms with Gasteiger partial charge in [0, 0.05) is 5.56 Å². The summed E-state index contributed by atoms with van der Waals surface area (Å²) in [5.41, 5.74) is 1.51. The molecule has 0 aliphatic carbocycles. The molecular formula is C22H21NO6. The zero-order chi connectivity index (χ0) is 20.8. The predicted molar refractivity (Wildman–Crippen MR) is 107 cm³/mol. The third-order valence-electron chi connectivity index (χ3n) is 4.07. The molecule has 0 saturated heterocycles. The van der Waals surface area contributed by atoms with E-state index < -0.39 is 11.9 Å². The van der Waals surface area contributed by atoms with E-state index in [0.717, 1.165) is 0 Å². The third kappa shape index (κ3) is 4.45. The zero-order valence-electron chi connectivity index (χ0n) is 16.4. The summed E-state index contributed by atoms with van der Waals surface area (Å²) in [5.74, 6) is 0.193. The molecule has 7 nitrogen and oxygen atoms in total. The molecule has 0 spiro atoms. The van der Waals surface area contributed by atoms with Crippen LogP contribution in [-0.2, 0) is 14.3 Å². The highest BCUT2D eigenvalue weighted by atomic mass is 16.6. The molecule has 1 aliphatic heterocycles. The Balaban J connectivity index is 1.96. The lowest BCUT2D eigenvalue weighted by Gasteiger charge is -2.11. The normalized spacial score (nSPS) is 14.4. The number of esters is 2. The van der Waals surface area contributed by atoms with Crippen molar-refractivity contribution in [1.82, 2.24) is 0 Å².